The first-order valence-corrected chi connectivity index (χ1v) is 5.29. The summed E-state index contributed by atoms with van der Waals surface area (Å²) in [5.41, 5.74) is 0. The van der Waals surface area contributed by atoms with Crippen molar-refractivity contribution in [3.63, 3.8) is 0 Å². The van der Waals surface area contributed by atoms with Crippen molar-refractivity contribution in [1.82, 2.24) is 0 Å². The minimum Gasteiger partial charge on any atom is -0.481 e. The number of ketones is 1. The number of Topliss-reactive ketones (excluding diaryl/α,β-unsaturated/α-hetero) is 1. The second-order valence-corrected chi connectivity index (χ2v) is 4.06. The van der Waals surface area contributed by atoms with E-state index in [0.29, 0.717) is 12.5 Å². The maximum Gasteiger partial charge on any atom is 0.303 e. The molecular formula is C11H20O4. The Morgan fingerprint density at radius 1 is 1.20 bits per heavy atom. The Labute approximate surface area is 90.6 Å². The Balaban J connectivity index is 3.64. The smallest absolute Gasteiger partial charge is 0.303 e. The highest BCUT2D eigenvalue weighted by Gasteiger charge is 2.14. The van der Waals surface area contributed by atoms with Gasteiger partial charge >= 0.3 is 5.97 Å². The van der Waals surface area contributed by atoms with E-state index in [2.05, 4.69) is 13.8 Å². The van der Waals surface area contributed by atoms with Crippen LogP contribution in [0.1, 0.15) is 40.0 Å². The average molecular weight is 216 g/mol. The highest BCUT2D eigenvalue weighted by Crippen LogP contribution is 2.04. The molecule has 0 aromatic rings. The van der Waals surface area contributed by atoms with Crippen LogP contribution in [0.5, 0.6) is 0 Å². The molecule has 0 saturated heterocycles. The van der Waals surface area contributed by atoms with E-state index in [1.807, 2.05) is 0 Å². The van der Waals surface area contributed by atoms with Gasteiger partial charge in [0.05, 0.1) is 6.42 Å². The molecule has 0 rings (SSSR count). The van der Waals surface area contributed by atoms with Crippen molar-refractivity contribution in [2.24, 2.45) is 5.92 Å². The predicted octanol–water partition coefficient (Wildman–Crippen LogP) is 1.87. The maximum atomic E-state index is 11.3. The number of aliphatic carboxylic acids is 1. The summed E-state index contributed by atoms with van der Waals surface area (Å²) in [6.07, 6.45) is 0.369. The molecule has 0 spiro atoms. The van der Waals surface area contributed by atoms with Crippen molar-refractivity contribution < 1.29 is 19.4 Å². The summed E-state index contributed by atoms with van der Waals surface area (Å²) in [4.78, 5) is 21.6. The highest BCUT2D eigenvalue weighted by molar-refractivity contribution is 5.85. The number of carbonyl (C=O) groups excluding carboxylic acids is 1. The molecule has 1 N–H and O–H groups in total. The van der Waals surface area contributed by atoms with E-state index in [1.54, 1.807) is 6.92 Å². The van der Waals surface area contributed by atoms with Gasteiger partial charge in [-0.15, -0.1) is 0 Å². The summed E-state index contributed by atoms with van der Waals surface area (Å²) in [7, 11) is 0. The molecule has 0 aromatic heterocycles. The minimum atomic E-state index is -0.947. The summed E-state index contributed by atoms with van der Waals surface area (Å²) < 4.78 is 5.30. The fourth-order valence-electron chi connectivity index (χ4n) is 1.01. The maximum absolute atomic E-state index is 11.3. The summed E-state index contributed by atoms with van der Waals surface area (Å²) in [5.74, 6) is -0.537. The first-order chi connectivity index (χ1) is 6.93. The van der Waals surface area contributed by atoms with Gasteiger partial charge in [-0.05, 0) is 19.3 Å². The molecule has 15 heavy (non-hydrogen) atoms. The van der Waals surface area contributed by atoms with Gasteiger partial charge in [-0.25, -0.2) is 0 Å². The summed E-state index contributed by atoms with van der Waals surface area (Å²) >= 11 is 0. The first kappa shape index (κ1) is 14.1. The third kappa shape index (κ3) is 8.12. The number of carbonyl (C=O) groups is 2. The van der Waals surface area contributed by atoms with Gasteiger partial charge in [0.1, 0.15) is 6.10 Å². The van der Waals surface area contributed by atoms with Gasteiger partial charge in [0.15, 0.2) is 5.78 Å². The van der Waals surface area contributed by atoms with Gasteiger partial charge in [-0.3, -0.25) is 9.59 Å². The molecule has 1 unspecified atom stereocenters. The zero-order valence-corrected chi connectivity index (χ0v) is 9.66. The van der Waals surface area contributed by atoms with E-state index in [1.165, 1.54) is 0 Å². The van der Waals surface area contributed by atoms with Crippen LogP contribution in [0.4, 0.5) is 0 Å². The summed E-state index contributed by atoms with van der Waals surface area (Å²) in [5, 5.41) is 8.40. The van der Waals surface area contributed by atoms with Crippen LogP contribution in [0.25, 0.3) is 0 Å². The zero-order valence-electron chi connectivity index (χ0n) is 9.66. The van der Waals surface area contributed by atoms with Gasteiger partial charge in [0.25, 0.3) is 0 Å². The van der Waals surface area contributed by atoms with Crippen LogP contribution in [-0.4, -0.2) is 29.6 Å². The van der Waals surface area contributed by atoms with Crippen molar-refractivity contribution in [2.75, 3.05) is 6.61 Å². The van der Waals surface area contributed by atoms with Crippen LogP contribution >= 0.6 is 0 Å². The lowest BCUT2D eigenvalue weighted by atomic mass is 10.1. The molecule has 0 aliphatic heterocycles. The number of carboxylic acids is 1. The van der Waals surface area contributed by atoms with Crippen LogP contribution in [0.3, 0.4) is 0 Å². The quantitative estimate of drug-likeness (QED) is 0.672. The van der Waals surface area contributed by atoms with E-state index in [-0.39, 0.29) is 18.6 Å². The first-order valence-electron chi connectivity index (χ1n) is 5.29. The lowest BCUT2D eigenvalue weighted by molar-refractivity contribution is -0.140. The van der Waals surface area contributed by atoms with E-state index in [9.17, 15) is 9.59 Å². The van der Waals surface area contributed by atoms with E-state index >= 15 is 0 Å². The number of rotatable bonds is 8. The Kier molecular flexibility index (Phi) is 6.96. The molecule has 0 aliphatic rings. The molecule has 0 amide bonds. The molecule has 0 radical (unpaired) electrons. The molecule has 0 saturated carbocycles. The molecule has 1 atom stereocenters. The van der Waals surface area contributed by atoms with Gasteiger partial charge in [0, 0.05) is 13.0 Å². The minimum absolute atomic E-state index is 0.0537. The standard InChI is InChI=1S/C11H20O4/c1-8(2)6-7-15-9(3)10(12)4-5-11(13)14/h8-9H,4-7H2,1-3H3,(H,13,14). The highest BCUT2D eigenvalue weighted by atomic mass is 16.5. The monoisotopic (exact) mass is 216 g/mol. The van der Waals surface area contributed by atoms with Gasteiger partial charge in [0.2, 0.25) is 0 Å². The molecule has 0 fully saturated rings. The SMILES string of the molecule is CC(C)CCOC(C)C(=O)CCC(=O)O. The molecule has 0 aliphatic carbocycles. The second-order valence-electron chi connectivity index (χ2n) is 4.06. The van der Waals surface area contributed by atoms with Crippen LogP contribution in [-0.2, 0) is 14.3 Å². The lowest BCUT2D eigenvalue weighted by Gasteiger charge is -2.12. The normalized spacial score (nSPS) is 12.8. The third-order valence-corrected chi connectivity index (χ3v) is 2.10. The van der Waals surface area contributed by atoms with E-state index in [0.717, 1.165) is 6.42 Å². The predicted molar refractivity (Wildman–Crippen MR) is 56.7 cm³/mol. The Hall–Kier alpha value is -0.900. The van der Waals surface area contributed by atoms with Crippen molar-refractivity contribution >= 4 is 11.8 Å². The lowest BCUT2D eigenvalue weighted by Crippen LogP contribution is -2.22. The molecule has 4 nitrogen and oxygen atoms in total. The van der Waals surface area contributed by atoms with Crippen molar-refractivity contribution in [3.8, 4) is 0 Å². The number of carboxylic acid groups (broad SMARTS) is 1. The molecule has 0 heterocycles. The Morgan fingerprint density at radius 3 is 2.27 bits per heavy atom. The Morgan fingerprint density at radius 2 is 1.80 bits per heavy atom. The number of hydrogen-bond donors (Lipinski definition) is 1. The molecule has 0 aromatic carbocycles. The molecule has 0 bridgehead atoms. The summed E-state index contributed by atoms with van der Waals surface area (Å²) in [6.45, 7) is 6.39. The molecule has 88 valence electrons. The topological polar surface area (TPSA) is 63.6 Å². The second kappa shape index (κ2) is 7.40. The fourth-order valence-corrected chi connectivity index (χ4v) is 1.01. The number of hydrogen-bond acceptors (Lipinski definition) is 3. The van der Waals surface area contributed by atoms with Crippen LogP contribution in [0.2, 0.25) is 0 Å². The average Bonchev–Trinajstić information content (AvgIpc) is 2.13. The van der Waals surface area contributed by atoms with Gasteiger partial charge < -0.3 is 9.84 Å². The van der Waals surface area contributed by atoms with Crippen molar-refractivity contribution in [3.05, 3.63) is 0 Å². The number of ether oxygens (including phenoxy) is 1. The molecular weight excluding hydrogens is 196 g/mol. The van der Waals surface area contributed by atoms with Crippen LogP contribution < -0.4 is 0 Å². The van der Waals surface area contributed by atoms with E-state index < -0.39 is 12.1 Å². The fraction of sp³-hybridized carbons (Fsp3) is 0.818. The third-order valence-electron chi connectivity index (χ3n) is 2.10. The van der Waals surface area contributed by atoms with Gasteiger partial charge in [-0.2, -0.15) is 0 Å². The van der Waals surface area contributed by atoms with Crippen molar-refractivity contribution in [1.29, 1.82) is 0 Å². The van der Waals surface area contributed by atoms with Crippen LogP contribution in [0.15, 0.2) is 0 Å². The van der Waals surface area contributed by atoms with Crippen molar-refractivity contribution in [2.45, 2.75) is 46.1 Å². The van der Waals surface area contributed by atoms with Gasteiger partial charge in [-0.1, -0.05) is 13.8 Å². The zero-order chi connectivity index (χ0) is 11.8. The van der Waals surface area contributed by atoms with Crippen LogP contribution in [0, 0.1) is 5.92 Å². The summed E-state index contributed by atoms with van der Waals surface area (Å²) in [6, 6.07) is 0. The molecule has 4 heteroatoms. The van der Waals surface area contributed by atoms with E-state index in [4.69, 9.17) is 9.84 Å². The Bertz CT molecular complexity index is 211. The largest absolute Gasteiger partial charge is 0.481 e.